The summed E-state index contributed by atoms with van der Waals surface area (Å²) in [5, 5.41) is 2.64. The number of rotatable bonds is 6. The Morgan fingerprint density at radius 1 is 0.421 bits per heavy atom. The van der Waals surface area contributed by atoms with Crippen molar-refractivity contribution in [3.63, 3.8) is 0 Å². The van der Waals surface area contributed by atoms with Crippen molar-refractivity contribution in [2.24, 2.45) is 0 Å². The smallest absolute Gasteiger partial charge is 0.0499 e. The fraction of sp³-hybridized carbons (Fsp3) is 0.127. The van der Waals surface area contributed by atoms with Gasteiger partial charge in [-0.3, -0.25) is 0 Å². The summed E-state index contributed by atoms with van der Waals surface area (Å²) in [6.07, 6.45) is 0. The van der Waals surface area contributed by atoms with Crippen molar-refractivity contribution in [3.05, 3.63) is 199 Å². The first kappa shape index (κ1) is 35.2. The zero-order valence-corrected chi connectivity index (χ0v) is 34.0. The summed E-state index contributed by atoms with van der Waals surface area (Å²) in [7, 11) is 0. The lowest BCUT2D eigenvalue weighted by molar-refractivity contribution is 0.591. The zero-order chi connectivity index (χ0) is 38.9. The van der Waals surface area contributed by atoms with E-state index in [1.807, 2.05) is 11.3 Å². The van der Waals surface area contributed by atoms with Crippen LogP contribution in [0.5, 0.6) is 0 Å². The van der Waals surface area contributed by atoms with Crippen molar-refractivity contribution in [3.8, 4) is 44.5 Å². The van der Waals surface area contributed by atoms with Crippen LogP contribution in [0, 0.1) is 0 Å². The highest BCUT2D eigenvalue weighted by molar-refractivity contribution is 7.25. The molecule has 57 heavy (non-hydrogen) atoms. The Kier molecular flexibility index (Phi) is 8.32. The third-order valence-electron chi connectivity index (χ3n) is 12.0. The summed E-state index contributed by atoms with van der Waals surface area (Å²) < 4.78 is 2.64. The van der Waals surface area contributed by atoms with Crippen LogP contribution in [0.15, 0.2) is 182 Å². The average Bonchev–Trinajstić information content (AvgIpc) is 3.72. The largest absolute Gasteiger partial charge is 0.310 e. The summed E-state index contributed by atoms with van der Waals surface area (Å²) in [4.78, 5) is 2.48. The number of fused-ring (bicyclic) bond motifs is 6. The molecular weight excluding hydrogens is 707 g/mol. The summed E-state index contributed by atoms with van der Waals surface area (Å²) in [5.74, 6) is 0. The monoisotopic (exact) mass is 751 g/mol. The lowest BCUT2D eigenvalue weighted by Crippen LogP contribution is -2.20. The molecule has 1 aliphatic carbocycles. The van der Waals surface area contributed by atoms with Crippen molar-refractivity contribution in [2.45, 2.75) is 45.4 Å². The molecule has 0 bridgehead atoms. The summed E-state index contributed by atoms with van der Waals surface area (Å²) in [5.41, 5.74) is 17.4. The van der Waals surface area contributed by atoms with E-state index >= 15 is 0 Å². The molecule has 1 nitrogen and oxygen atoms in total. The molecular formula is C55H45NS. The van der Waals surface area contributed by atoms with Crippen LogP contribution in [0.3, 0.4) is 0 Å². The zero-order valence-electron chi connectivity index (χ0n) is 33.2. The predicted octanol–water partition coefficient (Wildman–Crippen LogP) is 16.1. The van der Waals surface area contributed by atoms with Gasteiger partial charge in [0, 0.05) is 42.6 Å². The molecule has 0 spiro atoms. The van der Waals surface area contributed by atoms with E-state index in [9.17, 15) is 0 Å². The normalized spacial score (nSPS) is 13.1. The van der Waals surface area contributed by atoms with Gasteiger partial charge >= 0.3 is 0 Å². The van der Waals surface area contributed by atoms with Crippen LogP contribution in [-0.4, -0.2) is 0 Å². The van der Waals surface area contributed by atoms with Gasteiger partial charge in [-0.1, -0.05) is 162 Å². The van der Waals surface area contributed by atoms with E-state index in [0.29, 0.717) is 0 Å². The van der Waals surface area contributed by atoms with Gasteiger partial charge in [0.05, 0.1) is 0 Å². The number of nitrogens with zero attached hydrogens (tertiary/aromatic N) is 1. The van der Waals surface area contributed by atoms with Crippen molar-refractivity contribution in [1.29, 1.82) is 0 Å². The first-order valence-electron chi connectivity index (χ1n) is 20.0. The molecule has 1 aliphatic rings. The number of thiophene rings is 1. The van der Waals surface area contributed by atoms with Gasteiger partial charge in [-0.05, 0) is 121 Å². The number of benzene rings is 8. The molecule has 10 rings (SSSR count). The maximum Gasteiger partial charge on any atom is 0.0499 e. The number of anilines is 3. The molecule has 0 saturated carbocycles. The molecule has 0 saturated heterocycles. The lowest BCUT2D eigenvalue weighted by atomic mass is 9.82. The molecule has 0 atom stereocenters. The van der Waals surface area contributed by atoms with E-state index in [0.717, 1.165) is 5.69 Å². The van der Waals surface area contributed by atoms with Crippen LogP contribution >= 0.6 is 11.3 Å². The SMILES string of the molecule is CC(C)(C)c1cc(-c2ccc3c(c2)sc2ccc(-c4ccccc4)cc23)ccc1N(c1ccc(-c2ccccc2)cc1)c1ccc2c(c1)C(C)(C)c1ccccc1-2. The molecule has 1 aromatic heterocycles. The molecule has 0 amide bonds. The van der Waals surface area contributed by atoms with Gasteiger partial charge in [0.2, 0.25) is 0 Å². The summed E-state index contributed by atoms with van der Waals surface area (Å²) in [6.45, 7) is 11.8. The van der Waals surface area contributed by atoms with Gasteiger partial charge < -0.3 is 4.90 Å². The topological polar surface area (TPSA) is 3.24 Å². The van der Waals surface area contributed by atoms with Gasteiger partial charge in [-0.25, -0.2) is 0 Å². The average molecular weight is 752 g/mol. The van der Waals surface area contributed by atoms with Crippen molar-refractivity contribution in [1.82, 2.24) is 0 Å². The van der Waals surface area contributed by atoms with E-state index in [1.165, 1.54) is 92.7 Å². The predicted molar refractivity (Wildman–Crippen MR) is 247 cm³/mol. The first-order valence-corrected chi connectivity index (χ1v) is 20.8. The molecule has 0 unspecified atom stereocenters. The molecule has 0 N–H and O–H groups in total. The minimum absolute atomic E-state index is 0.101. The quantitative estimate of drug-likeness (QED) is 0.164. The lowest BCUT2D eigenvalue weighted by Gasteiger charge is -2.33. The maximum atomic E-state index is 2.48. The molecule has 9 aromatic rings. The molecule has 2 heteroatoms. The minimum atomic E-state index is -0.130. The first-order chi connectivity index (χ1) is 27.6. The fourth-order valence-electron chi connectivity index (χ4n) is 8.97. The van der Waals surface area contributed by atoms with Crippen molar-refractivity contribution >= 4 is 48.6 Å². The fourth-order valence-corrected chi connectivity index (χ4v) is 10.1. The minimum Gasteiger partial charge on any atom is -0.310 e. The van der Waals surface area contributed by atoms with E-state index < -0.39 is 0 Å². The van der Waals surface area contributed by atoms with Crippen LogP contribution in [0.2, 0.25) is 0 Å². The summed E-state index contributed by atoms with van der Waals surface area (Å²) >= 11 is 1.88. The van der Waals surface area contributed by atoms with Crippen molar-refractivity contribution < 1.29 is 0 Å². The van der Waals surface area contributed by atoms with Crippen LogP contribution in [0.4, 0.5) is 17.1 Å². The molecule has 276 valence electrons. The van der Waals surface area contributed by atoms with E-state index in [-0.39, 0.29) is 10.8 Å². The van der Waals surface area contributed by atoms with Crippen LogP contribution in [-0.2, 0) is 10.8 Å². The molecule has 0 aliphatic heterocycles. The molecule has 0 fully saturated rings. The van der Waals surface area contributed by atoms with Crippen LogP contribution in [0.1, 0.15) is 51.3 Å². The number of hydrogen-bond donors (Lipinski definition) is 0. The Morgan fingerprint density at radius 2 is 0.982 bits per heavy atom. The maximum absolute atomic E-state index is 2.48. The standard InChI is InChI=1S/C55H45NS/c1-54(2,3)50-33-40(41-22-28-46-47-32-39(37-16-10-7-11-17-37)24-31-52(47)57-53(46)34-41)23-30-51(50)56(42-25-20-38(21-26-42)36-14-8-6-9-15-36)43-27-29-45-44-18-12-13-19-48(44)55(4,5)49(45)35-43/h6-35H,1-5H3. The Bertz CT molecular complexity index is 2940. The molecule has 1 heterocycles. The second-order valence-electron chi connectivity index (χ2n) is 17.0. The second-order valence-corrected chi connectivity index (χ2v) is 18.1. The highest BCUT2D eigenvalue weighted by Gasteiger charge is 2.36. The number of hydrogen-bond acceptors (Lipinski definition) is 2. The van der Waals surface area contributed by atoms with Gasteiger partial charge in [0.15, 0.2) is 0 Å². The van der Waals surface area contributed by atoms with Gasteiger partial charge in [-0.15, -0.1) is 11.3 Å². The van der Waals surface area contributed by atoms with Gasteiger partial charge in [0.25, 0.3) is 0 Å². The van der Waals surface area contributed by atoms with E-state index in [1.54, 1.807) is 0 Å². The van der Waals surface area contributed by atoms with E-state index in [2.05, 4.69) is 222 Å². The highest BCUT2D eigenvalue weighted by Crippen LogP contribution is 2.51. The third-order valence-corrected chi connectivity index (χ3v) is 13.1. The van der Waals surface area contributed by atoms with Crippen molar-refractivity contribution in [2.75, 3.05) is 4.90 Å². The summed E-state index contributed by atoms with van der Waals surface area (Å²) in [6, 6.07) is 67.5. The second kappa shape index (κ2) is 13.5. The third kappa shape index (κ3) is 6.07. The Labute approximate surface area is 340 Å². The highest BCUT2D eigenvalue weighted by atomic mass is 32.1. The molecule has 8 aromatic carbocycles. The van der Waals surface area contributed by atoms with E-state index in [4.69, 9.17) is 0 Å². The Hall–Kier alpha value is -6.22. The molecule has 0 radical (unpaired) electrons. The van der Waals surface area contributed by atoms with Gasteiger partial charge in [0.1, 0.15) is 0 Å². The Morgan fingerprint density at radius 3 is 1.72 bits per heavy atom. The van der Waals surface area contributed by atoms with Crippen LogP contribution in [0.25, 0.3) is 64.7 Å². The Balaban J connectivity index is 1.10. The van der Waals surface area contributed by atoms with Gasteiger partial charge in [-0.2, -0.15) is 0 Å². The van der Waals surface area contributed by atoms with Crippen LogP contribution < -0.4 is 4.90 Å².